The molecule has 0 bridgehead atoms. The average Bonchev–Trinajstić information content (AvgIpc) is 3.02. The zero-order valence-corrected chi connectivity index (χ0v) is 15.7. The summed E-state index contributed by atoms with van der Waals surface area (Å²) < 4.78 is 1.77. The molecular formula is C19H19N5OS. The molecule has 0 aliphatic carbocycles. The van der Waals surface area contributed by atoms with Gasteiger partial charge in [-0.15, -0.1) is 10.2 Å². The molecule has 132 valence electrons. The van der Waals surface area contributed by atoms with Gasteiger partial charge < -0.3 is 4.90 Å². The molecule has 1 aromatic heterocycles. The fraction of sp³-hybridized carbons (Fsp3) is 0.263. The molecule has 0 unspecified atom stereocenters. The van der Waals surface area contributed by atoms with Crippen molar-refractivity contribution in [1.29, 1.82) is 0 Å². The number of carbonyl (C=O) groups excluding carboxylic acids is 1. The molecule has 2 aromatic carbocycles. The van der Waals surface area contributed by atoms with Crippen LogP contribution in [0.25, 0.3) is 10.8 Å². The van der Waals surface area contributed by atoms with Crippen molar-refractivity contribution in [3.63, 3.8) is 0 Å². The Labute approximate surface area is 155 Å². The van der Waals surface area contributed by atoms with E-state index in [9.17, 15) is 4.79 Å². The summed E-state index contributed by atoms with van der Waals surface area (Å²) in [4.78, 5) is 13.9. The largest absolute Gasteiger partial charge is 0.348 e. The molecule has 1 aliphatic heterocycles. The Morgan fingerprint density at radius 3 is 2.73 bits per heavy atom. The SMILES string of the molecule is CC1=Nn2c(Cc3cccc4ccccc34)nnc2S[C@H]1C(=O)N(C)C. The Hall–Kier alpha value is -2.67. The number of thioether (sulfide) groups is 1. The predicted octanol–water partition coefficient (Wildman–Crippen LogP) is 2.81. The Bertz CT molecular complexity index is 1020. The molecule has 26 heavy (non-hydrogen) atoms. The lowest BCUT2D eigenvalue weighted by atomic mass is 10.0. The van der Waals surface area contributed by atoms with Crippen molar-refractivity contribution in [1.82, 2.24) is 19.8 Å². The fourth-order valence-electron chi connectivity index (χ4n) is 3.06. The molecule has 0 saturated carbocycles. The fourth-order valence-corrected chi connectivity index (χ4v) is 4.14. The highest BCUT2D eigenvalue weighted by Crippen LogP contribution is 2.30. The van der Waals surface area contributed by atoms with Crippen molar-refractivity contribution in [2.75, 3.05) is 14.1 Å². The van der Waals surface area contributed by atoms with Crippen LogP contribution < -0.4 is 0 Å². The first-order valence-electron chi connectivity index (χ1n) is 8.39. The van der Waals surface area contributed by atoms with Crippen LogP contribution in [0.15, 0.2) is 52.7 Å². The van der Waals surface area contributed by atoms with Gasteiger partial charge in [-0.2, -0.15) is 9.78 Å². The van der Waals surface area contributed by atoms with Crippen LogP contribution in [-0.4, -0.2) is 50.7 Å². The number of benzene rings is 2. The van der Waals surface area contributed by atoms with Crippen LogP contribution in [0.5, 0.6) is 0 Å². The number of rotatable bonds is 3. The van der Waals surface area contributed by atoms with Crippen LogP contribution in [0, 0.1) is 0 Å². The highest BCUT2D eigenvalue weighted by Gasteiger charge is 2.31. The molecule has 0 N–H and O–H groups in total. The molecule has 2 heterocycles. The van der Waals surface area contributed by atoms with Gasteiger partial charge in [0.25, 0.3) is 0 Å². The van der Waals surface area contributed by atoms with E-state index in [0.29, 0.717) is 11.6 Å². The minimum Gasteiger partial charge on any atom is -0.348 e. The van der Waals surface area contributed by atoms with E-state index in [1.165, 1.54) is 28.1 Å². The summed E-state index contributed by atoms with van der Waals surface area (Å²) in [5.74, 6) is 0.792. The van der Waals surface area contributed by atoms with Crippen LogP contribution in [0.3, 0.4) is 0 Å². The van der Waals surface area contributed by atoms with Crippen molar-refractivity contribution in [2.45, 2.75) is 23.8 Å². The standard InChI is InChI=1S/C19H19N5OS/c1-12-17(18(25)23(2)3)26-19-21-20-16(24(19)22-12)11-14-9-6-8-13-7-4-5-10-15(13)14/h4-10,17H,11H2,1-3H3/t17-/m1/s1. The van der Waals surface area contributed by atoms with Crippen molar-refractivity contribution in [3.8, 4) is 0 Å². The van der Waals surface area contributed by atoms with Crippen molar-refractivity contribution >= 4 is 34.2 Å². The quantitative estimate of drug-likeness (QED) is 0.716. The third kappa shape index (κ3) is 2.88. The molecule has 1 aliphatic rings. The van der Waals surface area contributed by atoms with Crippen molar-refractivity contribution in [3.05, 3.63) is 53.9 Å². The van der Waals surface area contributed by atoms with Gasteiger partial charge in [-0.05, 0) is 23.3 Å². The third-order valence-electron chi connectivity index (χ3n) is 4.43. The Balaban J connectivity index is 1.68. The second-order valence-corrected chi connectivity index (χ2v) is 7.57. The number of hydrogen-bond donors (Lipinski definition) is 0. The summed E-state index contributed by atoms with van der Waals surface area (Å²) in [6, 6.07) is 14.6. The van der Waals surface area contributed by atoms with Gasteiger partial charge in [0.15, 0.2) is 5.82 Å². The Kier molecular flexibility index (Phi) is 4.24. The topological polar surface area (TPSA) is 63.4 Å². The molecule has 0 saturated heterocycles. The second-order valence-electron chi connectivity index (χ2n) is 6.50. The van der Waals surface area contributed by atoms with Gasteiger partial charge in [-0.1, -0.05) is 54.2 Å². The van der Waals surface area contributed by atoms with Crippen LogP contribution >= 0.6 is 11.8 Å². The van der Waals surface area contributed by atoms with E-state index in [-0.39, 0.29) is 11.2 Å². The Morgan fingerprint density at radius 2 is 1.92 bits per heavy atom. The van der Waals surface area contributed by atoms with Gasteiger partial charge in [0.05, 0.1) is 5.71 Å². The third-order valence-corrected chi connectivity index (χ3v) is 5.67. The van der Waals surface area contributed by atoms with Crippen LogP contribution in [0.2, 0.25) is 0 Å². The van der Waals surface area contributed by atoms with E-state index < -0.39 is 0 Å². The maximum absolute atomic E-state index is 12.3. The summed E-state index contributed by atoms with van der Waals surface area (Å²) in [5, 5.41) is 15.9. The first-order chi connectivity index (χ1) is 12.5. The number of nitrogens with zero attached hydrogens (tertiary/aromatic N) is 5. The van der Waals surface area contributed by atoms with E-state index in [1.807, 2.05) is 19.1 Å². The van der Waals surface area contributed by atoms with Gasteiger partial charge in [0.2, 0.25) is 11.1 Å². The number of fused-ring (bicyclic) bond motifs is 2. The lowest BCUT2D eigenvalue weighted by Gasteiger charge is -2.22. The summed E-state index contributed by atoms with van der Waals surface area (Å²) in [5.41, 5.74) is 1.95. The van der Waals surface area contributed by atoms with Crippen LogP contribution in [0.1, 0.15) is 18.3 Å². The minimum absolute atomic E-state index is 0.0149. The van der Waals surface area contributed by atoms with E-state index in [4.69, 9.17) is 0 Å². The lowest BCUT2D eigenvalue weighted by molar-refractivity contribution is -0.126. The molecule has 1 amide bonds. The summed E-state index contributed by atoms with van der Waals surface area (Å²) in [7, 11) is 3.50. The zero-order valence-electron chi connectivity index (χ0n) is 14.9. The number of carbonyl (C=O) groups is 1. The molecule has 7 heteroatoms. The molecule has 6 nitrogen and oxygen atoms in total. The van der Waals surface area contributed by atoms with Gasteiger partial charge in [0.1, 0.15) is 5.25 Å². The van der Waals surface area contributed by atoms with Gasteiger partial charge in [-0.25, -0.2) is 0 Å². The highest BCUT2D eigenvalue weighted by atomic mass is 32.2. The zero-order chi connectivity index (χ0) is 18.3. The molecule has 3 aromatic rings. The van der Waals surface area contributed by atoms with Crippen LogP contribution in [-0.2, 0) is 11.2 Å². The molecule has 0 radical (unpaired) electrons. The maximum atomic E-state index is 12.3. The summed E-state index contributed by atoms with van der Waals surface area (Å²) in [6.45, 7) is 1.88. The smallest absolute Gasteiger partial charge is 0.241 e. The number of aromatic nitrogens is 3. The minimum atomic E-state index is -0.341. The molecule has 1 atom stereocenters. The van der Waals surface area contributed by atoms with E-state index in [1.54, 1.807) is 23.7 Å². The Morgan fingerprint density at radius 1 is 1.15 bits per heavy atom. The van der Waals surface area contributed by atoms with Gasteiger partial charge >= 0.3 is 0 Å². The number of hydrogen-bond acceptors (Lipinski definition) is 5. The molecule has 4 rings (SSSR count). The normalized spacial score (nSPS) is 16.3. The lowest BCUT2D eigenvalue weighted by Crippen LogP contribution is -2.38. The number of amides is 1. The summed E-state index contributed by atoms with van der Waals surface area (Å²) >= 11 is 1.40. The molecular weight excluding hydrogens is 346 g/mol. The van der Waals surface area contributed by atoms with Crippen molar-refractivity contribution < 1.29 is 4.79 Å². The second kappa shape index (κ2) is 6.57. The van der Waals surface area contributed by atoms with Gasteiger partial charge in [0, 0.05) is 20.5 Å². The summed E-state index contributed by atoms with van der Waals surface area (Å²) in [6.07, 6.45) is 0.637. The first kappa shape index (κ1) is 16.8. The van der Waals surface area contributed by atoms with Gasteiger partial charge in [-0.3, -0.25) is 4.79 Å². The van der Waals surface area contributed by atoms with E-state index >= 15 is 0 Å². The average molecular weight is 365 g/mol. The maximum Gasteiger partial charge on any atom is 0.241 e. The van der Waals surface area contributed by atoms with E-state index in [2.05, 4.69) is 45.6 Å². The predicted molar refractivity (Wildman–Crippen MR) is 104 cm³/mol. The first-order valence-corrected chi connectivity index (χ1v) is 9.27. The monoisotopic (exact) mass is 365 g/mol. The molecule has 0 spiro atoms. The highest BCUT2D eigenvalue weighted by molar-refractivity contribution is 8.01. The van der Waals surface area contributed by atoms with Crippen LogP contribution in [0.4, 0.5) is 0 Å². The van der Waals surface area contributed by atoms with E-state index in [0.717, 1.165) is 11.5 Å². The van der Waals surface area contributed by atoms with Crippen molar-refractivity contribution in [2.24, 2.45) is 5.10 Å². The molecule has 0 fully saturated rings.